The molecule has 1 saturated heterocycles. The lowest BCUT2D eigenvalue weighted by Gasteiger charge is -2.33. The van der Waals surface area contributed by atoms with E-state index in [1.807, 2.05) is 18.5 Å². The number of carbonyl (C=O) groups excluding carboxylic acids is 1. The lowest BCUT2D eigenvalue weighted by molar-refractivity contribution is 0.168. The molecule has 1 aliphatic heterocycles. The summed E-state index contributed by atoms with van der Waals surface area (Å²) in [6, 6.07) is 1.12. The molecule has 1 saturated carbocycles. The van der Waals surface area contributed by atoms with Crippen molar-refractivity contribution in [3.8, 4) is 0 Å². The van der Waals surface area contributed by atoms with Crippen molar-refractivity contribution in [1.82, 2.24) is 14.7 Å². The third kappa shape index (κ3) is 2.86. The van der Waals surface area contributed by atoms with Gasteiger partial charge in [0, 0.05) is 18.1 Å². The number of aryl methyl sites for hydroxylation is 1. The van der Waals surface area contributed by atoms with Crippen molar-refractivity contribution in [3.63, 3.8) is 0 Å². The van der Waals surface area contributed by atoms with Crippen LogP contribution in [0, 0.1) is 19.8 Å². The van der Waals surface area contributed by atoms with Crippen LogP contribution < -0.4 is 5.32 Å². The Morgan fingerprint density at radius 1 is 1.26 bits per heavy atom. The van der Waals surface area contributed by atoms with E-state index in [0.717, 1.165) is 29.9 Å². The van der Waals surface area contributed by atoms with Crippen molar-refractivity contribution in [2.45, 2.75) is 84.8 Å². The molecule has 5 heteroatoms. The number of hydrogen-bond donors (Lipinski definition) is 1. The van der Waals surface area contributed by atoms with Gasteiger partial charge < -0.3 is 10.2 Å². The molecule has 0 aromatic carbocycles. The molecule has 0 unspecified atom stereocenters. The zero-order valence-corrected chi connectivity index (χ0v) is 15.1. The highest BCUT2D eigenvalue weighted by Crippen LogP contribution is 2.40. The first kappa shape index (κ1) is 16.3. The van der Waals surface area contributed by atoms with Gasteiger partial charge in [0.05, 0.1) is 17.1 Å². The minimum absolute atomic E-state index is 0.0569. The number of hydrogen-bond acceptors (Lipinski definition) is 2. The molecule has 1 aromatic rings. The zero-order valence-electron chi connectivity index (χ0n) is 15.1. The second-order valence-electron chi connectivity index (χ2n) is 7.62. The van der Waals surface area contributed by atoms with E-state index in [1.54, 1.807) is 0 Å². The van der Waals surface area contributed by atoms with Gasteiger partial charge >= 0.3 is 6.03 Å². The number of amides is 2. The van der Waals surface area contributed by atoms with E-state index in [1.165, 1.54) is 19.3 Å². The van der Waals surface area contributed by atoms with Crippen molar-refractivity contribution in [2.75, 3.05) is 5.32 Å². The molecular formula is C18H30N4O. The fourth-order valence-electron chi connectivity index (χ4n) is 4.58. The van der Waals surface area contributed by atoms with Crippen LogP contribution in [0.2, 0.25) is 0 Å². The van der Waals surface area contributed by atoms with Crippen molar-refractivity contribution < 1.29 is 4.79 Å². The van der Waals surface area contributed by atoms with E-state index in [0.29, 0.717) is 24.0 Å². The highest BCUT2D eigenvalue weighted by molar-refractivity contribution is 5.91. The Balaban J connectivity index is 1.79. The number of rotatable bonds is 2. The third-order valence-corrected chi connectivity index (χ3v) is 5.63. The number of fused-ring (bicyclic) bond motifs is 1. The molecule has 0 radical (unpaired) electrons. The number of likely N-dealkylation sites (tertiary alicyclic amines) is 1. The molecule has 0 bridgehead atoms. The molecule has 0 spiro atoms. The zero-order chi connectivity index (χ0) is 16.7. The summed E-state index contributed by atoms with van der Waals surface area (Å²) in [6.07, 6.45) is 6.17. The molecule has 5 nitrogen and oxygen atoms in total. The van der Waals surface area contributed by atoms with Crippen LogP contribution in [0.4, 0.5) is 10.5 Å². The molecular weight excluding hydrogens is 288 g/mol. The number of urea groups is 1. The summed E-state index contributed by atoms with van der Waals surface area (Å²) >= 11 is 0. The summed E-state index contributed by atoms with van der Waals surface area (Å²) in [7, 11) is 0. The molecule has 1 N–H and O–H groups in total. The quantitative estimate of drug-likeness (QED) is 0.885. The Labute approximate surface area is 139 Å². The molecule has 3 rings (SSSR count). The molecule has 1 aliphatic carbocycles. The first-order valence-corrected chi connectivity index (χ1v) is 9.05. The largest absolute Gasteiger partial charge is 0.322 e. The number of nitrogens with zero attached hydrogens (tertiary/aromatic N) is 3. The second-order valence-corrected chi connectivity index (χ2v) is 7.62. The maximum atomic E-state index is 12.9. The average Bonchev–Trinajstić information content (AvgIpc) is 2.97. The lowest BCUT2D eigenvalue weighted by Crippen LogP contribution is -2.44. The Kier molecular flexibility index (Phi) is 4.39. The van der Waals surface area contributed by atoms with Crippen molar-refractivity contribution in [3.05, 3.63) is 11.4 Å². The smallest absolute Gasteiger partial charge is 0.319 e. The van der Waals surface area contributed by atoms with Gasteiger partial charge in [-0.15, -0.1) is 0 Å². The summed E-state index contributed by atoms with van der Waals surface area (Å²) in [6.45, 7) is 10.4. The molecule has 3 atom stereocenters. The topological polar surface area (TPSA) is 50.2 Å². The number of anilines is 1. The van der Waals surface area contributed by atoms with Gasteiger partial charge in [0.1, 0.15) is 0 Å². The SMILES string of the molecule is Cc1nn(C(C)C)c(C)c1NC(=O)N1[C@H](C)C[C@@H]2CCCC[C@@H]21. The second kappa shape index (κ2) is 6.17. The van der Waals surface area contributed by atoms with E-state index in [9.17, 15) is 4.79 Å². The van der Waals surface area contributed by atoms with E-state index in [-0.39, 0.29) is 6.03 Å². The highest BCUT2D eigenvalue weighted by Gasteiger charge is 2.42. The van der Waals surface area contributed by atoms with Crippen molar-refractivity contribution in [2.24, 2.45) is 5.92 Å². The lowest BCUT2D eigenvalue weighted by atomic mass is 9.85. The normalized spacial score (nSPS) is 27.4. The molecule has 2 heterocycles. The fourth-order valence-corrected chi connectivity index (χ4v) is 4.58. The number of aromatic nitrogens is 2. The van der Waals surface area contributed by atoms with E-state index < -0.39 is 0 Å². The minimum Gasteiger partial charge on any atom is -0.319 e. The molecule has 23 heavy (non-hydrogen) atoms. The molecule has 128 valence electrons. The van der Waals surface area contributed by atoms with Crippen LogP contribution in [0.5, 0.6) is 0 Å². The predicted molar refractivity (Wildman–Crippen MR) is 92.8 cm³/mol. The Morgan fingerprint density at radius 2 is 1.96 bits per heavy atom. The van der Waals surface area contributed by atoms with E-state index >= 15 is 0 Å². The average molecular weight is 318 g/mol. The van der Waals surface area contributed by atoms with Gasteiger partial charge in [0.15, 0.2) is 0 Å². The standard InChI is InChI=1S/C18H30N4O/c1-11(2)22-14(5)17(13(4)20-22)19-18(23)21-12(3)10-15-8-6-7-9-16(15)21/h11-12,15-16H,6-10H2,1-5H3,(H,19,23)/t12-,15+,16+/m1/s1. The van der Waals surface area contributed by atoms with Gasteiger partial charge in [-0.05, 0) is 59.8 Å². The number of nitrogens with one attached hydrogen (secondary N) is 1. The highest BCUT2D eigenvalue weighted by atomic mass is 16.2. The van der Waals surface area contributed by atoms with Gasteiger partial charge in [-0.1, -0.05) is 12.8 Å². The van der Waals surface area contributed by atoms with Crippen LogP contribution in [0.15, 0.2) is 0 Å². The van der Waals surface area contributed by atoms with Crippen LogP contribution >= 0.6 is 0 Å². The third-order valence-electron chi connectivity index (χ3n) is 5.63. The van der Waals surface area contributed by atoms with Crippen LogP contribution in [0.3, 0.4) is 0 Å². The van der Waals surface area contributed by atoms with Gasteiger partial charge in [0.2, 0.25) is 0 Å². The van der Waals surface area contributed by atoms with Crippen LogP contribution in [-0.4, -0.2) is 32.8 Å². The maximum absolute atomic E-state index is 12.9. The van der Waals surface area contributed by atoms with Crippen LogP contribution in [0.25, 0.3) is 0 Å². The molecule has 2 aliphatic rings. The Hall–Kier alpha value is -1.52. The maximum Gasteiger partial charge on any atom is 0.322 e. The fraction of sp³-hybridized carbons (Fsp3) is 0.778. The van der Waals surface area contributed by atoms with Crippen molar-refractivity contribution in [1.29, 1.82) is 0 Å². The van der Waals surface area contributed by atoms with Gasteiger partial charge in [-0.2, -0.15) is 5.10 Å². The monoisotopic (exact) mass is 318 g/mol. The van der Waals surface area contributed by atoms with Gasteiger partial charge in [0.25, 0.3) is 0 Å². The summed E-state index contributed by atoms with van der Waals surface area (Å²) in [4.78, 5) is 15.0. The van der Waals surface area contributed by atoms with Gasteiger partial charge in [-0.25, -0.2) is 4.79 Å². The molecule has 1 aromatic heterocycles. The predicted octanol–water partition coefficient (Wildman–Crippen LogP) is 4.27. The van der Waals surface area contributed by atoms with Crippen LogP contribution in [-0.2, 0) is 0 Å². The first-order chi connectivity index (χ1) is 10.9. The minimum atomic E-state index is 0.0569. The molecule has 2 amide bonds. The van der Waals surface area contributed by atoms with E-state index in [2.05, 4.69) is 36.1 Å². The summed E-state index contributed by atoms with van der Waals surface area (Å²) in [5.41, 5.74) is 2.82. The summed E-state index contributed by atoms with van der Waals surface area (Å²) in [5.74, 6) is 0.699. The number of carbonyl (C=O) groups is 1. The Morgan fingerprint density at radius 3 is 2.61 bits per heavy atom. The van der Waals surface area contributed by atoms with Crippen LogP contribution in [0.1, 0.15) is 70.3 Å². The first-order valence-electron chi connectivity index (χ1n) is 9.05. The summed E-state index contributed by atoms with van der Waals surface area (Å²) < 4.78 is 1.99. The Bertz CT molecular complexity index is 592. The van der Waals surface area contributed by atoms with Gasteiger partial charge in [-0.3, -0.25) is 4.68 Å². The van der Waals surface area contributed by atoms with Crippen molar-refractivity contribution >= 4 is 11.7 Å². The molecule has 2 fully saturated rings. The van der Waals surface area contributed by atoms with E-state index in [4.69, 9.17) is 0 Å². The summed E-state index contributed by atoms with van der Waals surface area (Å²) in [5, 5.41) is 7.74.